The molecule has 0 aromatic rings. The minimum absolute atomic E-state index is 0.262. The molecular weight excluding hydrogens is 204 g/mol. The predicted octanol–water partition coefficient (Wildman–Crippen LogP) is 3.09. The van der Waals surface area contributed by atoms with E-state index < -0.39 is 0 Å². The average molecular weight is 228 g/mol. The molecule has 1 atom stereocenters. The van der Waals surface area contributed by atoms with Crippen molar-refractivity contribution in [2.75, 3.05) is 13.2 Å². The number of rotatable bonds is 9. The molecule has 1 unspecified atom stereocenters. The maximum Gasteiger partial charge on any atom is 0.330 e. The fourth-order valence-corrected chi connectivity index (χ4v) is 1.32. The lowest BCUT2D eigenvalue weighted by atomic mass is 10.1. The van der Waals surface area contributed by atoms with Crippen LogP contribution in [0.25, 0.3) is 0 Å². The summed E-state index contributed by atoms with van der Waals surface area (Å²) in [6, 6.07) is 0. The number of carbonyl (C=O) groups is 1. The molecule has 0 amide bonds. The largest absolute Gasteiger partial charge is 0.463 e. The zero-order valence-corrected chi connectivity index (χ0v) is 10.7. The fraction of sp³-hybridized carbons (Fsp3) is 0.769. The van der Waals surface area contributed by atoms with Crippen molar-refractivity contribution >= 4 is 5.97 Å². The van der Waals surface area contributed by atoms with Gasteiger partial charge in [-0.2, -0.15) is 0 Å². The lowest BCUT2D eigenvalue weighted by Gasteiger charge is -2.10. The number of esters is 1. The molecule has 3 nitrogen and oxygen atoms in total. The van der Waals surface area contributed by atoms with E-state index in [4.69, 9.17) is 9.47 Å². The van der Waals surface area contributed by atoms with Crippen molar-refractivity contribution in [3.05, 3.63) is 12.2 Å². The highest BCUT2D eigenvalue weighted by Gasteiger charge is 2.00. The Morgan fingerprint density at radius 2 is 2.06 bits per heavy atom. The Balaban J connectivity index is 3.45. The zero-order chi connectivity index (χ0) is 12.2. The van der Waals surface area contributed by atoms with Crippen LogP contribution in [0.1, 0.15) is 46.5 Å². The summed E-state index contributed by atoms with van der Waals surface area (Å²) in [6.07, 6.45) is 8.16. The molecule has 0 aliphatic heterocycles. The molecule has 0 spiro atoms. The Bertz CT molecular complexity index is 199. The fourth-order valence-electron chi connectivity index (χ4n) is 1.32. The standard InChI is InChI=1S/C13H24O3/c1-4-6-7-9-12(3)16-11-8-10-13(14)15-5-2/h8,10,12H,4-7,9,11H2,1-3H3/b10-8+. The van der Waals surface area contributed by atoms with Crippen LogP contribution >= 0.6 is 0 Å². The monoisotopic (exact) mass is 228 g/mol. The first kappa shape index (κ1) is 15.2. The van der Waals surface area contributed by atoms with Gasteiger partial charge in [-0.25, -0.2) is 4.79 Å². The number of carbonyl (C=O) groups excluding carboxylic acids is 1. The molecule has 0 saturated heterocycles. The van der Waals surface area contributed by atoms with Gasteiger partial charge in [-0.1, -0.05) is 32.3 Å². The average Bonchev–Trinajstić information content (AvgIpc) is 2.25. The zero-order valence-electron chi connectivity index (χ0n) is 10.7. The van der Waals surface area contributed by atoms with Gasteiger partial charge in [0.2, 0.25) is 0 Å². The van der Waals surface area contributed by atoms with Crippen LogP contribution in [0.15, 0.2) is 12.2 Å². The van der Waals surface area contributed by atoms with E-state index in [2.05, 4.69) is 13.8 Å². The highest BCUT2D eigenvalue weighted by atomic mass is 16.5. The molecule has 94 valence electrons. The van der Waals surface area contributed by atoms with E-state index in [0.717, 1.165) is 6.42 Å². The van der Waals surface area contributed by atoms with Crippen molar-refractivity contribution in [2.45, 2.75) is 52.6 Å². The highest BCUT2D eigenvalue weighted by Crippen LogP contribution is 2.05. The van der Waals surface area contributed by atoms with Crippen molar-refractivity contribution in [3.8, 4) is 0 Å². The third-order valence-electron chi connectivity index (χ3n) is 2.23. The molecule has 0 bridgehead atoms. The van der Waals surface area contributed by atoms with Crippen LogP contribution in [0, 0.1) is 0 Å². The molecule has 0 heterocycles. The minimum atomic E-state index is -0.301. The Morgan fingerprint density at radius 1 is 1.31 bits per heavy atom. The first-order valence-corrected chi connectivity index (χ1v) is 6.15. The number of ether oxygens (including phenoxy) is 2. The summed E-state index contributed by atoms with van der Waals surface area (Å²) in [6.45, 7) is 6.93. The van der Waals surface area contributed by atoms with Crippen molar-refractivity contribution in [1.82, 2.24) is 0 Å². The first-order chi connectivity index (χ1) is 7.70. The van der Waals surface area contributed by atoms with E-state index in [-0.39, 0.29) is 12.1 Å². The smallest absolute Gasteiger partial charge is 0.330 e. The van der Waals surface area contributed by atoms with Crippen LogP contribution in [0.5, 0.6) is 0 Å². The summed E-state index contributed by atoms with van der Waals surface area (Å²) in [5.74, 6) is -0.301. The Morgan fingerprint density at radius 3 is 2.69 bits per heavy atom. The Kier molecular flexibility index (Phi) is 10.1. The van der Waals surface area contributed by atoms with E-state index in [0.29, 0.717) is 13.2 Å². The summed E-state index contributed by atoms with van der Waals surface area (Å²) < 4.78 is 10.3. The van der Waals surface area contributed by atoms with Gasteiger partial charge >= 0.3 is 5.97 Å². The third-order valence-corrected chi connectivity index (χ3v) is 2.23. The van der Waals surface area contributed by atoms with Gasteiger partial charge < -0.3 is 9.47 Å². The summed E-state index contributed by atoms with van der Waals surface area (Å²) in [4.78, 5) is 10.9. The van der Waals surface area contributed by atoms with Crippen LogP contribution in [0.2, 0.25) is 0 Å². The van der Waals surface area contributed by atoms with E-state index >= 15 is 0 Å². The predicted molar refractivity (Wildman–Crippen MR) is 65.3 cm³/mol. The van der Waals surface area contributed by atoms with Crippen molar-refractivity contribution in [1.29, 1.82) is 0 Å². The topological polar surface area (TPSA) is 35.5 Å². The van der Waals surface area contributed by atoms with Gasteiger partial charge in [-0.15, -0.1) is 0 Å². The van der Waals surface area contributed by atoms with Crippen LogP contribution in [-0.4, -0.2) is 25.3 Å². The van der Waals surface area contributed by atoms with Gasteiger partial charge in [0.15, 0.2) is 0 Å². The molecule has 0 fully saturated rings. The molecule has 16 heavy (non-hydrogen) atoms. The third kappa shape index (κ3) is 9.71. The quantitative estimate of drug-likeness (QED) is 0.345. The molecule has 3 heteroatoms. The first-order valence-electron chi connectivity index (χ1n) is 6.15. The summed E-state index contributed by atoms with van der Waals surface area (Å²) in [5.41, 5.74) is 0. The minimum Gasteiger partial charge on any atom is -0.463 e. The van der Waals surface area contributed by atoms with Crippen LogP contribution in [-0.2, 0) is 14.3 Å². The molecule has 0 aliphatic rings. The van der Waals surface area contributed by atoms with Gasteiger partial charge in [0.05, 0.1) is 19.3 Å². The van der Waals surface area contributed by atoms with E-state index in [1.54, 1.807) is 13.0 Å². The number of hydrogen-bond donors (Lipinski definition) is 0. The molecule has 0 rings (SSSR count). The second kappa shape index (κ2) is 10.7. The van der Waals surface area contributed by atoms with Crippen molar-refractivity contribution < 1.29 is 14.3 Å². The highest BCUT2D eigenvalue weighted by molar-refractivity contribution is 5.81. The molecule has 0 aliphatic carbocycles. The summed E-state index contributed by atoms with van der Waals surface area (Å²) >= 11 is 0. The summed E-state index contributed by atoms with van der Waals surface area (Å²) in [7, 11) is 0. The van der Waals surface area contributed by atoms with Crippen LogP contribution in [0.4, 0.5) is 0 Å². The van der Waals surface area contributed by atoms with Gasteiger partial charge in [0.1, 0.15) is 0 Å². The lowest BCUT2D eigenvalue weighted by molar-refractivity contribution is -0.137. The normalized spacial score (nSPS) is 12.9. The molecule has 0 aromatic carbocycles. The van der Waals surface area contributed by atoms with Gasteiger partial charge in [-0.3, -0.25) is 0 Å². The maximum atomic E-state index is 10.9. The van der Waals surface area contributed by atoms with Crippen molar-refractivity contribution in [3.63, 3.8) is 0 Å². The number of hydrogen-bond acceptors (Lipinski definition) is 3. The van der Waals surface area contributed by atoms with E-state index in [1.165, 1.54) is 25.3 Å². The molecule has 0 aromatic heterocycles. The number of unbranched alkanes of at least 4 members (excludes halogenated alkanes) is 2. The maximum absolute atomic E-state index is 10.9. The Labute approximate surface area is 98.8 Å². The van der Waals surface area contributed by atoms with Crippen LogP contribution in [0.3, 0.4) is 0 Å². The molecule has 0 saturated carbocycles. The second-order valence-corrected chi connectivity index (χ2v) is 3.79. The van der Waals surface area contributed by atoms with E-state index in [9.17, 15) is 4.79 Å². The Hall–Kier alpha value is -0.830. The second-order valence-electron chi connectivity index (χ2n) is 3.79. The van der Waals surface area contributed by atoms with E-state index in [1.807, 2.05) is 0 Å². The summed E-state index contributed by atoms with van der Waals surface area (Å²) in [5, 5.41) is 0. The molecule has 0 radical (unpaired) electrons. The van der Waals surface area contributed by atoms with Crippen molar-refractivity contribution in [2.24, 2.45) is 0 Å². The lowest BCUT2D eigenvalue weighted by Crippen LogP contribution is -2.08. The SMILES string of the molecule is CCCCCC(C)OC/C=C/C(=O)OCC. The molecule has 0 N–H and O–H groups in total. The van der Waals surface area contributed by atoms with Gasteiger partial charge in [-0.05, 0) is 20.3 Å². The molecular formula is C13H24O3. The van der Waals surface area contributed by atoms with Crippen LogP contribution < -0.4 is 0 Å². The van der Waals surface area contributed by atoms with Gasteiger partial charge in [0.25, 0.3) is 0 Å². The van der Waals surface area contributed by atoms with Gasteiger partial charge in [0, 0.05) is 6.08 Å².